The highest BCUT2D eigenvalue weighted by Gasteiger charge is 2.30. The standard InChI is InChI=1S/C17H16F3IO3S/c1-9-7-11(8-10(2)15(9)21)24-12(5-6-17(18,19)20)13-3-4-14(25-13)16(22)23/h3-4,7-8,12H,5-6H2,1-2H3,(H,22,23). The Bertz CT molecular complexity index is 748. The Labute approximate surface area is 161 Å². The van der Waals surface area contributed by atoms with Crippen LogP contribution in [0.3, 0.4) is 0 Å². The largest absolute Gasteiger partial charge is 0.485 e. The maximum atomic E-state index is 12.6. The van der Waals surface area contributed by atoms with Gasteiger partial charge in [0.2, 0.25) is 0 Å². The Morgan fingerprint density at radius 1 is 1.28 bits per heavy atom. The van der Waals surface area contributed by atoms with Crippen molar-refractivity contribution in [1.82, 2.24) is 0 Å². The first kappa shape index (κ1) is 20.0. The van der Waals surface area contributed by atoms with Crippen LogP contribution in [0.5, 0.6) is 5.75 Å². The van der Waals surface area contributed by atoms with Crippen molar-refractivity contribution in [1.29, 1.82) is 0 Å². The normalized spacial score (nSPS) is 12.9. The molecule has 1 aromatic carbocycles. The summed E-state index contributed by atoms with van der Waals surface area (Å²) >= 11 is 3.14. The molecule has 2 rings (SSSR count). The number of rotatable bonds is 6. The van der Waals surface area contributed by atoms with Crippen molar-refractivity contribution in [2.45, 2.75) is 39.0 Å². The summed E-state index contributed by atoms with van der Waals surface area (Å²) in [6.07, 6.45) is -6.42. The summed E-state index contributed by atoms with van der Waals surface area (Å²) in [6, 6.07) is 6.46. The average molecular weight is 484 g/mol. The summed E-state index contributed by atoms with van der Waals surface area (Å²) in [5.41, 5.74) is 1.95. The second-order valence-corrected chi connectivity index (χ2v) is 7.83. The zero-order valence-corrected chi connectivity index (χ0v) is 16.5. The molecule has 0 aliphatic heterocycles. The fourth-order valence-corrected chi connectivity index (χ4v) is 3.56. The molecule has 0 fully saturated rings. The molecule has 0 saturated heterocycles. The third-order valence-corrected chi connectivity index (χ3v) is 6.40. The van der Waals surface area contributed by atoms with Crippen LogP contribution in [0.25, 0.3) is 0 Å². The second kappa shape index (κ2) is 7.94. The third kappa shape index (κ3) is 5.60. The first-order valence-corrected chi connectivity index (χ1v) is 9.29. The number of aromatic carboxylic acids is 1. The number of carbonyl (C=O) groups is 1. The van der Waals surface area contributed by atoms with Crippen molar-refractivity contribution in [3.8, 4) is 5.75 Å². The predicted octanol–water partition coefficient (Wildman–Crippen LogP) is 6.13. The van der Waals surface area contributed by atoms with Crippen LogP contribution in [-0.2, 0) is 0 Å². The molecule has 1 unspecified atom stereocenters. The van der Waals surface area contributed by atoms with Crippen molar-refractivity contribution in [2.24, 2.45) is 0 Å². The minimum Gasteiger partial charge on any atom is -0.485 e. The van der Waals surface area contributed by atoms with E-state index in [9.17, 15) is 18.0 Å². The molecule has 0 spiro atoms. The highest BCUT2D eigenvalue weighted by atomic mass is 127. The number of benzene rings is 1. The number of hydrogen-bond donors (Lipinski definition) is 1. The molecular formula is C17H16F3IO3S. The lowest BCUT2D eigenvalue weighted by Gasteiger charge is -2.20. The van der Waals surface area contributed by atoms with Gasteiger partial charge in [-0.05, 0) is 78.3 Å². The maximum Gasteiger partial charge on any atom is 0.389 e. The summed E-state index contributed by atoms with van der Waals surface area (Å²) in [5.74, 6) is -0.625. The maximum absolute atomic E-state index is 12.6. The monoisotopic (exact) mass is 484 g/mol. The topological polar surface area (TPSA) is 46.5 Å². The van der Waals surface area contributed by atoms with Gasteiger partial charge >= 0.3 is 12.1 Å². The lowest BCUT2D eigenvalue weighted by molar-refractivity contribution is -0.139. The number of halogens is 4. The van der Waals surface area contributed by atoms with Crippen LogP contribution in [0.4, 0.5) is 13.2 Å². The summed E-state index contributed by atoms with van der Waals surface area (Å²) in [4.78, 5) is 11.6. The van der Waals surface area contributed by atoms with Gasteiger partial charge < -0.3 is 9.84 Å². The molecule has 136 valence electrons. The van der Waals surface area contributed by atoms with E-state index in [-0.39, 0.29) is 11.3 Å². The van der Waals surface area contributed by atoms with Crippen molar-refractivity contribution < 1.29 is 27.8 Å². The van der Waals surface area contributed by atoms with Gasteiger partial charge in [-0.25, -0.2) is 4.79 Å². The number of carboxylic acids is 1. The van der Waals surface area contributed by atoms with Gasteiger partial charge in [-0.15, -0.1) is 11.3 Å². The molecule has 1 heterocycles. The Morgan fingerprint density at radius 2 is 1.88 bits per heavy atom. The van der Waals surface area contributed by atoms with Gasteiger partial charge in [-0.1, -0.05) is 0 Å². The van der Waals surface area contributed by atoms with Crippen molar-refractivity contribution in [3.63, 3.8) is 0 Å². The summed E-state index contributed by atoms with van der Waals surface area (Å²) in [7, 11) is 0. The highest BCUT2D eigenvalue weighted by molar-refractivity contribution is 14.1. The number of thiophene rings is 1. The highest BCUT2D eigenvalue weighted by Crippen LogP contribution is 2.35. The van der Waals surface area contributed by atoms with E-state index < -0.39 is 24.7 Å². The van der Waals surface area contributed by atoms with Crippen LogP contribution in [0, 0.1) is 17.4 Å². The number of ether oxygens (including phenoxy) is 1. The first-order chi connectivity index (χ1) is 11.6. The lowest BCUT2D eigenvalue weighted by atomic mass is 10.1. The SMILES string of the molecule is Cc1cc(OC(CCC(F)(F)F)c2ccc(C(=O)O)s2)cc(C)c1I. The fourth-order valence-electron chi connectivity index (χ4n) is 2.33. The van der Waals surface area contributed by atoms with Gasteiger partial charge in [0.1, 0.15) is 16.7 Å². The second-order valence-electron chi connectivity index (χ2n) is 5.64. The van der Waals surface area contributed by atoms with E-state index in [1.54, 1.807) is 12.1 Å². The van der Waals surface area contributed by atoms with Gasteiger partial charge in [0.25, 0.3) is 0 Å². The number of alkyl halides is 3. The fraction of sp³-hybridized carbons (Fsp3) is 0.353. The van der Waals surface area contributed by atoms with Crippen LogP contribution in [0.2, 0.25) is 0 Å². The molecule has 1 aromatic heterocycles. The van der Waals surface area contributed by atoms with Crippen molar-refractivity contribution in [2.75, 3.05) is 0 Å². The molecule has 8 heteroatoms. The molecule has 2 aromatic rings. The van der Waals surface area contributed by atoms with Gasteiger partial charge in [0, 0.05) is 14.9 Å². The van der Waals surface area contributed by atoms with Gasteiger partial charge in [0.05, 0.1) is 0 Å². The van der Waals surface area contributed by atoms with E-state index in [1.807, 2.05) is 13.8 Å². The van der Waals surface area contributed by atoms with Crippen LogP contribution >= 0.6 is 33.9 Å². The van der Waals surface area contributed by atoms with Crippen LogP contribution in [-0.4, -0.2) is 17.3 Å². The summed E-state index contributed by atoms with van der Waals surface area (Å²) < 4.78 is 44.8. The molecule has 0 amide bonds. The smallest absolute Gasteiger partial charge is 0.389 e. The molecule has 25 heavy (non-hydrogen) atoms. The van der Waals surface area contributed by atoms with E-state index in [0.717, 1.165) is 26.0 Å². The molecule has 1 atom stereocenters. The summed E-state index contributed by atoms with van der Waals surface area (Å²) in [6.45, 7) is 3.81. The molecule has 0 bridgehead atoms. The van der Waals surface area contributed by atoms with Gasteiger partial charge in [0.15, 0.2) is 0 Å². The Kier molecular flexibility index (Phi) is 6.36. The molecule has 0 radical (unpaired) electrons. The van der Waals surface area contributed by atoms with Crippen molar-refractivity contribution >= 4 is 39.9 Å². The molecule has 0 aliphatic carbocycles. The Morgan fingerprint density at radius 3 is 2.36 bits per heavy atom. The van der Waals surface area contributed by atoms with Gasteiger partial charge in [-0.3, -0.25) is 0 Å². The van der Waals surface area contributed by atoms with Gasteiger partial charge in [-0.2, -0.15) is 13.2 Å². The molecule has 1 N–H and O–H groups in total. The van der Waals surface area contributed by atoms with E-state index in [4.69, 9.17) is 9.84 Å². The number of aryl methyl sites for hydroxylation is 2. The minimum atomic E-state index is -4.30. The number of carboxylic acid groups (broad SMARTS) is 1. The van der Waals surface area contributed by atoms with Crippen LogP contribution in [0.15, 0.2) is 24.3 Å². The molecule has 0 saturated carbocycles. The van der Waals surface area contributed by atoms with Crippen LogP contribution < -0.4 is 4.74 Å². The minimum absolute atomic E-state index is 0.0746. The van der Waals surface area contributed by atoms with E-state index in [2.05, 4.69) is 22.6 Å². The average Bonchev–Trinajstić information content (AvgIpc) is 2.98. The predicted molar refractivity (Wildman–Crippen MR) is 98.6 cm³/mol. The molecular weight excluding hydrogens is 468 g/mol. The zero-order valence-electron chi connectivity index (χ0n) is 13.5. The van der Waals surface area contributed by atoms with Crippen LogP contribution in [0.1, 0.15) is 44.6 Å². The first-order valence-electron chi connectivity index (χ1n) is 7.40. The summed E-state index contributed by atoms with van der Waals surface area (Å²) in [5, 5.41) is 9.02. The third-order valence-electron chi connectivity index (χ3n) is 3.53. The zero-order chi connectivity index (χ0) is 18.8. The lowest BCUT2D eigenvalue weighted by Crippen LogP contribution is -2.13. The van der Waals surface area contributed by atoms with Crippen molar-refractivity contribution in [3.05, 3.63) is 48.7 Å². The molecule has 3 nitrogen and oxygen atoms in total. The van der Waals surface area contributed by atoms with E-state index in [0.29, 0.717) is 10.6 Å². The Hall–Kier alpha value is -1.29. The van der Waals surface area contributed by atoms with E-state index in [1.165, 1.54) is 12.1 Å². The number of hydrogen-bond acceptors (Lipinski definition) is 3. The quantitative estimate of drug-likeness (QED) is 0.502. The van der Waals surface area contributed by atoms with E-state index >= 15 is 0 Å². The Balaban J connectivity index is 2.29. The molecule has 0 aliphatic rings.